The Labute approximate surface area is 169 Å². The van der Waals surface area contributed by atoms with Gasteiger partial charge < -0.3 is 20.1 Å². The first-order valence-electron chi connectivity index (χ1n) is 9.36. The number of nitrogens with one attached hydrogen (secondary N) is 1. The van der Waals surface area contributed by atoms with E-state index in [2.05, 4.69) is 5.32 Å². The van der Waals surface area contributed by atoms with E-state index < -0.39 is 62.4 Å². The van der Waals surface area contributed by atoms with E-state index in [4.69, 9.17) is 0 Å². The predicted molar refractivity (Wildman–Crippen MR) is 105 cm³/mol. The molecule has 1 saturated carbocycles. The molecule has 0 bridgehead atoms. The number of carboxylic acid groups (broad SMARTS) is 2. The van der Waals surface area contributed by atoms with Crippen LogP contribution in [0.2, 0.25) is 0 Å². The SMILES string of the molecule is CCC(C)C(Nc1c(F)cc2c(=O)c(C(=O)O)cn(C3CC3)c2c1[N+](=O)[O-])C(=O)O. The highest BCUT2D eigenvalue weighted by molar-refractivity contribution is 5.99. The molecular weight excluding hydrogens is 401 g/mol. The summed E-state index contributed by atoms with van der Waals surface area (Å²) in [5.41, 5.74) is -3.32. The van der Waals surface area contributed by atoms with Crippen LogP contribution in [0, 0.1) is 21.8 Å². The van der Waals surface area contributed by atoms with Crippen LogP contribution in [-0.4, -0.2) is 37.7 Å². The smallest absolute Gasteiger partial charge is 0.341 e. The van der Waals surface area contributed by atoms with Crippen molar-refractivity contribution in [3.05, 3.63) is 44.0 Å². The van der Waals surface area contributed by atoms with Gasteiger partial charge in [-0.3, -0.25) is 14.9 Å². The summed E-state index contributed by atoms with van der Waals surface area (Å²) >= 11 is 0. The van der Waals surface area contributed by atoms with Crippen molar-refractivity contribution >= 4 is 34.2 Å². The van der Waals surface area contributed by atoms with Crippen LogP contribution in [0.5, 0.6) is 0 Å². The normalized spacial score (nSPS) is 15.6. The second-order valence-electron chi connectivity index (χ2n) is 7.40. The zero-order chi connectivity index (χ0) is 22.3. The molecule has 10 nitrogen and oxygen atoms in total. The molecule has 1 aliphatic carbocycles. The lowest BCUT2D eigenvalue weighted by Gasteiger charge is -2.22. The molecule has 1 aliphatic rings. The van der Waals surface area contributed by atoms with E-state index in [9.17, 15) is 39.1 Å². The number of aromatic nitrogens is 1. The molecule has 0 aliphatic heterocycles. The molecule has 30 heavy (non-hydrogen) atoms. The monoisotopic (exact) mass is 421 g/mol. The molecule has 2 unspecified atom stereocenters. The highest BCUT2D eigenvalue weighted by atomic mass is 19.1. The summed E-state index contributed by atoms with van der Waals surface area (Å²) in [7, 11) is 0. The molecule has 1 aromatic carbocycles. The molecule has 0 radical (unpaired) electrons. The van der Waals surface area contributed by atoms with Crippen molar-refractivity contribution in [2.24, 2.45) is 5.92 Å². The number of carboxylic acids is 2. The van der Waals surface area contributed by atoms with Crippen LogP contribution in [0.1, 0.15) is 49.5 Å². The standard InChI is InChI=1S/C19H20FN3O7/c1-3-8(2)13(19(27)28)21-14-12(20)6-10-15(16(14)23(29)30)22(9-4-5-9)7-11(17(10)24)18(25)26/h6-9,13,21H,3-5H2,1-2H3,(H,25,26)(H,27,28). The third kappa shape index (κ3) is 3.58. The predicted octanol–water partition coefficient (Wildman–Crippen LogP) is 2.99. The number of nitrogens with zero attached hydrogens (tertiary/aromatic N) is 2. The first-order valence-corrected chi connectivity index (χ1v) is 9.36. The van der Waals surface area contributed by atoms with Crippen molar-refractivity contribution < 1.29 is 29.1 Å². The lowest BCUT2D eigenvalue weighted by atomic mass is 9.98. The number of rotatable bonds is 8. The van der Waals surface area contributed by atoms with Crippen molar-refractivity contribution in [2.45, 2.75) is 45.2 Å². The lowest BCUT2D eigenvalue weighted by Crippen LogP contribution is -2.36. The number of nitro groups is 1. The largest absolute Gasteiger partial charge is 0.480 e. The van der Waals surface area contributed by atoms with Crippen molar-refractivity contribution in [2.75, 3.05) is 5.32 Å². The Kier molecular flexibility index (Phi) is 5.47. The Balaban J connectivity index is 2.38. The maximum Gasteiger partial charge on any atom is 0.341 e. The molecule has 3 N–H and O–H groups in total. The van der Waals surface area contributed by atoms with Gasteiger partial charge in [0.1, 0.15) is 17.1 Å². The van der Waals surface area contributed by atoms with Gasteiger partial charge in [0.2, 0.25) is 5.43 Å². The minimum atomic E-state index is -1.52. The summed E-state index contributed by atoms with van der Waals surface area (Å²) in [6.07, 6.45) is 2.67. The second kappa shape index (κ2) is 7.73. The third-order valence-corrected chi connectivity index (χ3v) is 5.37. The van der Waals surface area contributed by atoms with E-state index in [0.29, 0.717) is 19.3 Å². The molecule has 1 fully saturated rings. The molecule has 3 rings (SSSR count). The Bertz CT molecular complexity index is 1120. The average molecular weight is 421 g/mol. The first-order chi connectivity index (χ1) is 14.1. The van der Waals surface area contributed by atoms with Gasteiger partial charge in [0.25, 0.3) is 0 Å². The van der Waals surface area contributed by atoms with Crippen LogP contribution in [-0.2, 0) is 4.79 Å². The molecule has 160 valence electrons. The van der Waals surface area contributed by atoms with E-state index in [1.807, 2.05) is 0 Å². The lowest BCUT2D eigenvalue weighted by molar-refractivity contribution is -0.382. The first kappa shape index (κ1) is 21.2. The van der Waals surface area contributed by atoms with Gasteiger partial charge in [0, 0.05) is 12.2 Å². The van der Waals surface area contributed by atoms with Crippen LogP contribution in [0.4, 0.5) is 15.8 Å². The maximum absolute atomic E-state index is 14.9. The maximum atomic E-state index is 14.9. The van der Waals surface area contributed by atoms with Gasteiger partial charge in [-0.05, 0) is 24.8 Å². The average Bonchev–Trinajstić information content (AvgIpc) is 3.50. The Morgan fingerprint density at radius 2 is 2.03 bits per heavy atom. The fourth-order valence-corrected chi connectivity index (χ4v) is 3.41. The number of aliphatic carboxylic acids is 1. The van der Waals surface area contributed by atoms with Gasteiger partial charge in [-0.25, -0.2) is 14.0 Å². The molecular formula is C19H20FN3O7. The molecule has 1 aromatic heterocycles. The summed E-state index contributed by atoms with van der Waals surface area (Å²) in [6, 6.07) is -0.846. The minimum absolute atomic E-state index is 0.227. The fourth-order valence-electron chi connectivity index (χ4n) is 3.41. The number of pyridine rings is 1. The summed E-state index contributed by atoms with van der Waals surface area (Å²) in [6.45, 7) is 3.33. The molecule has 0 saturated heterocycles. The summed E-state index contributed by atoms with van der Waals surface area (Å²) in [5.74, 6) is -4.51. The highest BCUT2D eigenvalue weighted by Gasteiger charge is 2.35. The topological polar surface area (TPSA) is 152 Å². The number of anilines is 1. The Morgan fingerprint density at radius 1 is 1.40 bits per heavy atom. The van der Waals surface area contributed by atoms with E-state index in [1.54, 1.807) is 13.8 Å². The number of hydrogen-bond acceptors (Lipinski definition) is 6. The molecule has 0 amide bonds. The van der Waals surface area contributed by atoms with Crippen molar-refractivity contribution in [1.29, 1.82) is 0 Å². The quantitative estimate of drug-likeness (QED) is 0.434. The molecule has 0 spiro atoms. The second-order valence-corrected chi connectivity index (χ2v) is 7.40. The Hall–Kier alpha value is -3.50. The van der Waals surface area contributed by atoms with Gasteiger partial charge in [-0.1, -0.05) is 20.3 Å². The molecule has 11 heteroatoms. The van der Waals surface area contributed by atoms with Gasteiger partial charge >= 0.3 is 17.6 Å². The third-order valence-electron chi connectivity index (χ3n) is 5.37. The van der Waals surface area contributed by atoms with Gasteiger partial charge in [0.15, 0.2) is 11.5 Å². The van der Waals surface area contributed by atoms with Crippen molar-refractivity contribution in [3.63, 3.8) is 0 Å². The van der Waals surface area contributed by atoms with Crippen LogP contribution < -0.4 is 10.7 Å². The van der Waals surface area contributed by atoms with Gasteiger partial charge in [-0.2, -0.15) is 0 Å². The van der Waals surface area contributed by atoms with Crippen LogP contribution in [0.3, 0.4) is 0 Å². The van der Waals surface area contributed by atoms with E-state index in [-0.39, 0.29) is 11.6 Å². The highest BCUT2D eigenvalue weighted by Crippen LogP contribution is 2.42. The molecule has 2 aromatic rings. The van der Waals surface area contributed by atoms with E-state index in [0.717, 1.165) is 12.3 Å². The minimum Gasteiger partial charge on any atom is -0.480 e. The number of carbonyl (C=O) groups is 2. The van der Waals surface area contributed by atoms with Crippen molar-refractivity contribution in [1.82, 2.24) is 4.57 Å². The molecule has 1 heterocycles. The number of nitro benzene ring substituents is 1. The van der Waals surface area contributed by atoms with Crippen LogP contribution >= 0.6 is 0 Å². The number of halogens is 1. The number of fused-ring (bicyclic) bond motifs is 1. The number of aromatic carboxylic acids is 1. The summed E-state index contributed by atoms with van der Waals surface area (Å²) in [4.78, 5) is 46.7. The van der Waals surface area contributed by atoms with Crippen LogP contribution in [0.25, 0.3) is 10.9 Å². The number of hydrogen-bond donors (Lipinski definition) is 3. The van der Waals surface area contributed by atoms with Crippen molar-refractivity contribution in [3.8, 4) is 0 Å². The van der Waals surface area contributed by atoms with E-state index in [1.165, 1.54) is 4.57 Å². The zero-order valence-corrected chi connectivity index (χ0v) is 16.2. The van der Waals surface area contributed by atoms with Gasteiger partial charge in [0.05, 0.1) is 10.3 Å². The summed E-state index contributed by atoms with van der Waals surface area (Å²) < 4.78 is 16.2. The number of benzene rings is 1. The van der Waals surface area contributed by atoms with E-state index >= 15 is 0 Å². The van der Waals surface area contributed by atoms with Crippen LogP contribution in [0.15, 0.2) is 17.1 Å². The zero-order valence-electron chi connectivity index (χ0n) is 16.2. The Morgan fingerprint density at radius 3 is 2.50 bits per heavy atom. The van der Waals surface area contributed by atoms with Gasteiger partial charge in [-0.15, -0.1) is 0 Å². The fraction of sp³-hybridized carbons (Fsp3) is 0.421. The molecule has 2 atom stereocenters. The summed E-state index contributed by atoms with van der Waals surface area (Å²) in [5, 5.41) is 32.7.